The third-order valence-electron chi connectivity index (χ3n) is 5.40. The molecule has 6 heteroatoms. The molecule has 0 saturated carbocycles. The summed E-state index contributed by atoms with van der Waals surface area (Å²) in [5.74, 6) is -0.0888. The Hall–Kier alpha value is -3.57. The van der Waals surface area contributed by atoms with Crippen molar-refractivity contribution in [3.05, 3.63) is 94.1 Å². The van der Waals surface area contributed by atoms with Crippen molar-refractivity contribution in [3.63, 3.8) is 0 Å². The first-order valence-corrected chi connectivity index (χ1v) is 11.2. The van der Waals surface area contributed by atoms with Crippen LogP contribution in [0.1, 0.15) is 30.0 Å². The van der Waals surface area contributed by atoms with Crippen molar-refractivity contribution in [1.82, 2.24) is 0 Å². The number of hydrogen-bond donors (Lipinski definition) is 1. The molecule has 1 heterocycles. The summed E-state index contributed by atoms with van der Waals surface area (Å²) in [6.07, 6.45) is 0.890. The summed E-state index contributed by atoms with van der Waals surface area (Å²) in [5, 5.41) is 3.74. The summed E-state index contributed by atoms with van der Waals surface area (Å²) in [7, 11) is 0. The van der Waals surface area contributed by atoms with Crippen molar-refractivity contribution in [1.29, 1.82) is 0 Å². The predicted molar refractivity (Wildman–Crippen MR) is 133 cm³/mol. The Bertz CT molecular complexity index is 1250. The SMILES string of the molecule is CCCOc1cccc(NC2=C(c3ccc(Cl)cc3)C(=O)N(c3cc(C)ccc3C)C2=O)c1. The minimum absolute atomic E-state index is 0.218. The molecule has 0 saturated heterocycles. The number of imide groups is 1. The molecule has 0 spiro atoms. The molecular formula is C27H25ClN2O3. The van der Waals surface area contributed by atoms with E-state index in [1.165, 1.54) is 4.90 Å². The van der Waals surface area contributed by atoms with Crippen LogP contribution in [-0.2, 0) is 9.59 Å². The lowest BCUT2D eigenvalue weighted by Crippen LogP contribution is -2.33. The smallest absolute Gasteiger partial charge is 0.282 e. The number of rotatable bonds is 7. The molecule has 0 aromatic heterocycles. The fraction of sp³-hybridized carbons (Fsp3) is 0.185. The van der Waals surface area contributed by atoms with Gasteiger partial charge >= 0.3 is 0 Å². The highest BCUT2D eigenvalue weighted by Gasteiger charge is 2.40. The monoisotopic (exact) mass is 460 g/mol. The number of nitrogens with zero attached hydrogens (tertiary/aromatic N) is 1. The first kappa shape index (κ1) is 22.6. The summed E-state index contributed by atoms with van der Waals surface area (Å²) in [5.41, 5.74) is 4.18. The first-order chi connectivity index (χ1) is 15.9. The van der Waals surface area contributed by atoms with Gasteiger partial charge in [0, 0.05) is 16.8 Å². The number of aryl methyl sites for hydroxylation is 2. The van der Waals surface area contributed by atoms with Crippen LogP contribution in [0.25, 0.3) is 5.57 Å². The van der Waals surface area contributed by atoms with Gasteiger partial charge in [0.15, 0.2) is 0 Å². The van der Waals surface area contributed by atoms with E-state index in [1.807, 2.05) is 63.2 Å². The lowest BCUT2D eigenvalue weighted by atomic mass is 10.0. The zero-order chi connectivity index (χ0) is 23.5. The van der Waals surface area contributed by atoms with Crippen LogP contribution in [0.4, 0.5) is 11.4 Å². The summed E-state index contributed by atoms with van der Waals surface area (Å²) < 4.78 is 5.72. The van der Waals surface area contributed by atoms with Gasteiger partial charge in [-0.2, -0.15) is 0 Å². The topological polar surface area (TPSA) is 58.6 Å². The van der Waals surface area contributed by atoms with Gasteiger partial charge in [0.1, 0.15) is 11.4 Å². The van der Waals surface area contributed by atoms with Crippen LogP contribution in [-0.4, -0.2) is 18.4 Å². The number of carbonyl (C=O) groups is 2. The third-order valence-corrected chi connectivity index (χ3v) is 5.65. The molecule has 0 radical (unpaired) electrons. The zero-order valence-corrected chi connectivity index (χ0v) is 19.6. The Morgan fingerprint density at radius 1 is 0.939 bits per heavy atom. The van der Waals surface area contributed by atoms with E-state index < -0.39 is 5.91 Å². The van der Waals surface area contributed by atoms with Gasteiger partial charge in [-0.25, -0.2) is 4.90 Å². The number of carbonyl (C=O) groups excluding carboxylic acids is 2. The van der Waals surface area contributed by atoms with Crippen LogP contribution in [0.3, 0.4) is 0 Å². The van der Waals surface area contributed by atoms with E-state index in [0.717, 1.165) is 17.5 Å². The fourth-order valence-electron chi connectivity index (χ4n) is 3.74. The average Bonchev–Trinajstić information content (AvgIpc) is 3.04. The maximum absolute atomic E-state index is 13.6. The highest BCUT2D eigenvalue weighted by atomic mass is 35.5. The molecule has 5 nitrogen and oxygen atoms in total. The standard InChI is InChI=1S/C27H25ClN2O3/c1-4-14-33-22-7-5-6-21(16-22)29-25-24(19-10-12-20(28)13-11-19)26(31)30(27(25)32)23-15-17(2)8-9-18(23)3/h5-13,15-16,29H,4,14H2,1-3H3. The van der Waals surface area contributed by atoms with Crippen molar-refractivity contribution in [2.45, 2.75) is 27.2 Å². The van der Waals surface area contributed by atoms with Gasteiger partial charge in [0.25, 0.3) is 11.8 Å². The number of hydrogen-bond acceptors (Lipinski definition) is 4. The molecule has 0 aliphatic carbocycles. The van der Waals surface area contributed by atoms with Crippen LogP contribution in [0, 0.1) is 13.8 Å². The summed E-state index contributed by atoms with van der Waals surface area (Å²) >= 11 is 6.06. The summed E-state index contributed by atoms with van der Waals surface area (Å²) in [6, 6.07) is 20.0. The molecule has 33 heavy (non-hydrogen) atoms. The van der Waals surface area contributed by atoms with E-state index in [1.54, 1.807) is 24.3 Å². The minimum atomic E-state index is -0.404. The number of amides is 2. The molecule has 168 valence electrons. The summed E-state index contributed by atoms with van der Waals surface area (Å²) in [6.45, 7) is 6.45. The quantitative estimate of drug-likeness (QED) is 0.430. The molecule has 3 aromatic rings. The lowest BCUT2D eigenvalue weighted by molar-refractivity contribution is -0.120. The number of nitrogens with one attached hydrogen (secondary N) is 1. The van der Waals surface area contributed by atoms with E-state index in [9.17, 15) is 9.59 Å². The van der Waals surface area contributed by atoms with E-state index in [-0.39, 0.29) is 11.6 Å². The van der Waals surface area contributed by atoms with Crippen molar-refractivity contribution < 1.29 is 14.3 Å². The minimum Gasteiger partial charge on any atom is -0.494 e. The number of ether oxygens (including phenoxy) is 1. The van der Waals surface area contributed by atoms with Crippen LogP contribution in [0.15, 0.2) is 72.4 Å². The van der Waals surface area contributed by atoms with Crippen molar-refractivity contribution in [2.75, 3.05) is 16.8 Å². The lowest BCUT2D eigenvalue weighted by Gasteiger charge is -2.18. The normalized spacial score (nSPS) is 13.6. The molecule has 2 amide bonds. The highest BCUT2D eigenvalue weighted by molar-refractivity contribution is 6.46. The third kappa shape index (κ3) is 4.64. The van der Waals surface area contributed by atoms with Crippen molar-refractivity contribution in [2.24, 2.45) is 0 Å². The fourth-order valence-corrected chi connectivity index (χ4v) is 3.86. The molecule has 1 N–H and O–H groups in total. The van der Waals surface area contributed by atoms with Crippen LogP contribution in [0.5, 0.6) is 5.75 Å². The van der Waals surface area contributed by atoms with Crippen LogP contribution < -0.4 is 15.0 Å². The highest BCUT2D eigenvalue weighted by Crippen LogP contribution is 2.36. The number of benzene rings is 3. The molecule has 1 aliphatic heterocycles. The Morgan fingerprint density at radius 2 is 1.70 bits per heavy atom. The molecule has 0 bridgehead atoms. The van der Waals surface area contributed by atoms with Crippen LogP contribution >= 0.6 is 11.6 Å². The predicted octanol–water partition coefficient (Wildman–Crippen LogP) is 6.14. The Kier molecular flexibility index (Phi) is 6.52. The maximum atomic E-state index is 13.6. The molecule has 4 rings (SSSR count). The van der Waals surface area contributed by atoms with E-state index in [2.05, 4.69) is 5.32 Å². The van der Waals surface area contributed by atoms with Gasteiger partial charge < -0.3 is 10.1 Å². The van der Waals surface area contributed by atoms with Gasteiger partial charge in [0.05, 0.1) is 17.9 Å². The Balaban J connectivity index is 1.79. The summed E-state index contributed by atoms with van der Waals surface area (Å²) in [4.78, 5) is 28.5. The van der Waals surface area contributed by atoms with E-state index in [4.69, 9.17) is 16.3 Å². The number of halogens is 1. The molecule has 3 aromatic carbocycles. The second-order valence-electron chi connectivity index (χ2n) is 7.99. The van der Waals surface area contributed by atoms with Crippen LogP contribution in [0.2, 0.25) is 5.02 Å². The largest absolute Gasteiger partial charge is 0.494 e. The van der Waals surface area contributed by atoms with Gasteiger partial charge in [-0.05, 0) is 67.3 Å². The molecule has 0 fully saturated rings. The molecule has 1 aliphatic rings. The van der Waals surface area contributed by atoms with E-state index >= 15 is 0 Å². The first-order valence-electron chi connectivity index (χ1n) is 10.8. The van der Waals surface area contributed by atoms with E-state index in [0.29, 0.717) is 39.9 Å². The second kappa shape index (κ2) is 9.51. The molecule has 0 atom stereocenters. The van der Waals surface area contributed by atoms with Gasteiger partial charge in [0.2, 0.25) is 0 Å². The van der Waals surface area contributed by atoms with Crippen molar-refractivity contribution >= 4 is 40.4 Å². The average molecular weight is 461 g/mol. The maximum Gasteiger partial charge on any atom is 0.282 e. The Morgan fingerprint density at radius 3 is 2.42 bits per heavy atom. The van der Waals surface area contributed by atoms with Gasteiger partial charge in [-0.3, -0.25) is 9.59 Å². The van der Waals surface area contributed by atoms with Gasteiger partial charge in [-0.1, -0.05) is 48.9 Å². The zero-order valence-electron chi connectivity index (χ0n) is 18.8. The second-order valence-corrected chi connectivity index (χ2v) is 8.43. The van der Waals surface area contributed by atoms with Gasteiger partial charge in [-0.15, -0.1) is 0 Å². The Labute approximate surface area is 198 Å². The van der Waals surface area contributed by atoms with Crippen molar-refractivity contribution in [3.8, 4) is 5.75 Å². The molecule has 0 unspecified atom stereocenters. The number of anilines is 2. The molecular weight excluding hydrogens is 436 g/mol.